The first-order valence-corrected chi connectivity index (χ1v) is 7.49. The van der Waals surface area contributed by atoms with E-state index in [9.17, 15) is 4.79 Å². The fourth-order valence-corrected chi connectivity index (χ4v) is 3.46. The van der Waals surface area contributed by atoms with Crippen LogP contribution >= 0.6 is 0 Å². The number of methoxy groups -OCH3 is 1. The van der Waals surface area contributed by atoms with Crippen LogP contribution in [0.4, 0.5) is 0 Å². The summed E-state index contributed by atoms with van der Waals surface area (Å²) in [7, 11) is 1.47. The number of fused-ring (bicyclic) bond motifs is 1. The molecule has 2 aromatic carbocycles. The summed E-state index contributed by atoms with van der Waals surface area (Å²) in [4.78, 5) is 11.7. The van der Waals surface area contributed by atoms with Crippen LogP contribution in [-0.4, -0.2) is 13.1 Å². The third-order valence-electron chi connectivity index (χ3n) is 4.46. The molecule has 3 rings (SSSR count). The summed E-state index contributed by atoms with van der Waals surface area (Å²) < 4.78 is 4.89. The number of rotatable bonds is 3. The maximum atomic E-state index is 11.7. The highest BCUT2D eigenvalue weighted by molar-refractivity contribution is 5.70. The van der Waals surface area contributed by atoms with E-state index >= 15 is 0 Å². The van der Waals surface area contributed by atoms with Crippen molar-refractivity contribution in [3.63, 3.8) is 0 Å². The molecule has 0 saturated carbocycles. The van der Waals surface area contributed by atoms with Crippen LogP contribution in [0.1, 0.15) is 35.4 Å². The summed E-state index contributed by atoms with van der Waals surface area (Å²) in [5, 5.41) is 0. The molecule has 2 atom stereocenters. The van der Waals surface area contributed by atoms with Gasteiger partial charge in [-0.25, -0.2) is 0 Å². The van der Waals surface area contributed by atoms with Gasteiger partial charge in [0.1, 0.15) is 0 Å². The molecule has 0 aromatic heterocycles. The molecule has 0 fully saturated rings. The average molecular weight is 280 g/mol. The molecule has 0 N–H and O–H groups in total. The summed E-state index contributed by atoms with van der Waals surface area (Å²) in [5.74, 6) is 0.491. The van der Waals surface area contributed by atoms with E-state index in [2.05, 4.69) is 48.5 Å². The Morgan fingerprint density at radius 3 is 2.57 bits per heavy atom. The van der Waals surface area contributed by atoms with Crippen molar-refractivity contribution in [2.75, 3.05) is 7.11 Å². The molecule has 0 heterocycles. The molecule has 0 bridgehead atoms. The van der Waals surface area contributed by atoms with Crippen LogP contribution in [0.15, 0.2) is 54.6 Å². The fourth-order valence-electron chi connectivity index (χ4n) is 3.46. The van der Waals surface area contributed by atoms with Crippen molar-refractivity contribution in [3.8, 4) is 0 Å². The molecule has 1 aliphatic carbocycles. The third kappa shape index (κ3) is 2.85. The van der Waals surface area contributed by atoms with Crippen LogP contribution in [0.3, 0.4) is 0 Å². The fraction of sp³-hybridized carbons (Fsp3) is 0.316. The van der Waals surface area contributed by atoms with E-state index in [1.165, 1.54) is 23.8 Å². The summed E-state index contributed by atoms with van der Waals surface area (Å²) in [6.07, 6.45) is 2.57. The Kier molecular flexibility index (Phi) is 4.05. The Balaban J connectivity index is 2.01. The lowest BCUT2D eigenvalue weighted by Gasteiger charge is -2.33. The predicted molar refractivity (Wildman–Crippen MR) is 83.2 cm³/mol. The van der Waals surface area contributed by atoms with E-state index < -0.39 is 0 Å². The molecule has 21 heavy (non-hydrogen) atoms. The number of hydrogen-bond acceptors (Lipinski definition) is 2. The van der Waals surface area contributed by atoms with Crippen LogP contribution in [0.25, 0.3) is 0 Å². The largest absolute Gasteiger partial charge is 0.469 e. The Labute approximate surface area is 125 Å². The quantitative estimate of drug-likeness (QED) is 0.796. The zero-order valence-electron chi connectivity index (χ0n) is 12.3. The van der Waals surface area contributed by atoms with Gasteiger partial charge in [-0.15, -0.1) is 0 Å². The highest BCUT2D eigenvalue weighted by Crippen LogP contribution is 2.42. The molecule has 0 radical (unpaired) electrons. The monoisotopic (exact) mass is 280 g/mol. The van der Waals surface area contributed by atoms with Crippen molar-refractivity contribution in [2.24, 2.45) is 5.92 Å². The summed E-state index contributed by atoms with van der Waals surface area (Å²) in [6, 6.07) is 19.1. The minimum absolute atomic E-state index is 0.111. The molecule has 0 unspecified atom stereocenters. The van der Waals surface area contributed by atoms with Gasteiger partial charge in [0.05, 0.1) is 7.11 Å². The van der Waals surface area contributed by atoms with Gasteiger partial charge in [-0.1, -0.05) is 54.6 Å². The number of carbonyl (C=O) groups is 1. The number of carbonyl (C=O) groups excluding carboxylic acids is 1. The maximum Gasteiger partial charge on any atom is 0.305 e. The molecular weight excluding hydrogens is 260 g/mol. The Hall–Kier alpha value is -2.09. The maximum absolute atomic E-state index is 11.7. The van der Waals surface area contributed by atoms with Crippen LogP contribution in [0.2, 0.25) is 0 Å². The smallest absolute Gasteiger partial charge is 0.305 e. The minimum Gasteiger partial charge on any atom is -0.469 e. The molecule has 0 spiro atoms. The molecule has 2 heteroatoms. The number of ether oxygens (including phenoxy) is 1. The van der Waals surface area contributed by atoms with E-state index in [-0.39, 0.29) is 11.9 Å². The standard InChI is InChI=1S/C19H20O2/c1-21-18(20)13-16-12-11-14-7-5-6-10-17(14)19(16)15-8-3-2-4-9-15/h2-10,16,19H,11-13H2,1H3/t16-,19+/m0/s1. The van der Waals surface area contributed by atoms with Crippen molar-refractivity contribution in [2.45, 2.75) is 25.2 Å². The first-order valence-electron chi connectivity index (χ1n) is 7.49. The van der Waals surface area contributed by atoms with Gasteiger partial charge in [-0.05, 0) is 35.4 Å². The number of esters is 1. The first-order chi connectivity index (χ1) is 10.3. The molecule has 2 nitrogen and oxygen atoms in total. The van der Waals surface area contributed by atoms with E-state index in [4.69, 9.17) is 4.74 Å². The Bertz CT molecular complexity index is 618. The lowest BCUT2D eigenvalue weighted by atomic mass is 9.71. The zero-order chi connectivity index (χ0) is 14.7. The van der Waals surface area contributed by atoms with E-state index in [1.54, 1.807) is 0 Å². The Morgan fingerprint density at radius 2 is 1.81 bits per heavy atom. The van der Waals surface area contributed by atoms with Crippen LogP contribution in [0, 0.1) is 5.92 Å². The van der Waals surface area contributed by atoms with Crippen molar-refractivity contribution in [3.05, 3.63) is 71.3 Å². The number of hydrogen-bond donors (Lipinski definition) is 0. The van der Waals surface area contributed by atoms with Crippen LogP contribution < -0.4 is 0 Å². The van der Waals surface area contributed by atoms with Gasteiger partial charge >= 0.3 is 5.97 Å². The Morgan fingerprint density at radius 1 is 1.10 bits per heavy atom. The summed E-state index contributed by atoms with van der Waals surface area (Å²) in [6.45, 7) is 0. The van der Waals surface area contributed by atoms with Gasteiger partial charge in [0.15, 0.2) is 0 Å². The van der Waals surface area contributed by atoms with Crippen molar-refractivity contribution >= 4 is 5.97 Å². The SMILES string of the molecule is COC(=O)C[C@@H]1CCc2ccccc2[C@@H]1c1ccccc1. The van der Waals surface area contributed by atoms with E-state index in [0.717, 1.165) is 12.8 Å². The van der Waals surface area contributed by atoms with Gasteiger partial charge in [0, 0.05) is 12.3 Å². The van der Waals surface area contributed by atoms with Crippen LogP contribution in [-0.2, 0) is 16.0 Å². The number of aryl methyl sites for hydroxylation is 1. The second kappa shape index (κ2) is 6.13. The molecule has 2 aromatic rings. The van der Waals surface area contributed by atoms with Crippen molar-refractivity contribution in [1.82, 2.24) is 0 Å². The normalized spacial score (nSPS) is 20.6. The number of benzene rings is 2. The molecular formula is C19H20O2. The third-order valence-corrected chi connectivity index (χ3v) is 4.46. The predicted octanol–water partition coefficient (Wildman–Crippen LogP) is 3.94. The van der Waals surface area contributed by atoms with Crippen molar-refractivity contribution in [1.29, 1.82) is 0 Å². The van der Waals surface area contributed by atoms with Gasteiger partial charge in [0.2, 0.25) is 0 Å². The van der Waals surface area contributed by atoms with E-state index in [0.29, 0.717) is 12.3 Å². The lowest BCUT2D eigenvalue weighted by molar-refractivity contribution is -0.141. The van der Waals surface area contributed by atoms with Gasteiger partial charge in [-0.2, -0.15) is 0 Å². The molecule has 108 valence electrons. The molecule has 1 aliphatic rings. The minimum atomic E-state index is -0.111. The summed E-state index contributed by atoms with van der Waals surface area (Å²) >= 11 is 0. The highest BCUT2D eigenvalue weighted by Gasteiger charge is 2.32. The van der Waals surface area contributed by atoms with Gasteiger partial charge in [0.25, 0.3) is 0 Å². The first kappa shape index (κ1) is 13.9. The second-order valence-electron chi connectivity index (χ2n) is 5.67. The van der Waals surface area contributed by atoms with Crippen molar-refractivity contribution < 1.29 is 9.53 Å². The molecule has 0 aliphatic heterocycles. The van der Waals surface area contributed by atoms with Gasteiger partial charge in [-0.3, -0.25) is 4.79 Å². The highest BCUT2D eigenvalue weighted by atomic mass is 16.5. The second-order valence-corrected chi connectivity index (χ2v) is 5.67. The van der Waals surface area contributed by atoms with Crippen LogP contribution in [0.5, 0.6) is 0 Å². The average Bonchev–Trinajstić information content (AvgIpc) is 2.55. The lowest BCUT2D eigenvalue weighted by Crippen LogP contribution is -2.24. The van der Waals surface area contributed by atoms with E-state index in [1.807, 2.05) is 6.07 Å². The molecule has 0 saturated heterocycles. The molecule has 0 amide bonds. The topological polar surface area (TPSA) is 26.3 Å². The van der Waals surface area contributed by atoms with Gasteiger partial charge < -0.3 is 4.74 Å². The zero-order valence-corrected chi connectivity index (χ0v) is 12.3. The summed E-state index contributed by atoms with van der Waals surface area (Å²) in [5.41, 5.74) is 4.06.